The number of furan rings is 2. The molecule has 18 aromatic carbocycles. The van der Waals surface area contributed by atoms with Gasteiger partial charge < -0.3 is 18.0 Å². The normalized spacial score (nSPS) is 11.9. The molecule has 0 atom stereocenters. The lowest BCUT2D eigenvalue weighted by Gasteiger charge is -2.11. The first-order valence-electron chi connectivity index (χ1n) is 39.3. The first kappa shape index (κ1) is 66.1. The number of hydrogen-bond donors (Lipinski definition) is 0. The number of nitrogens with zero attached hydrogens (tertiary/aromatic N) is 8. The molecule has 0 aliphatic rings. The molecule has 0 aliphatic carbocycles. The van der Waals surface area contributed by atoms with E-state index in [1.807, 2.05) is 66.7 Å². The van der Waals surface area contributed by atoms with Crippen LogP contribution in [0, 0.1) is 0 Å². The van der Waals surface area contributed by atoms with Gasteiger partial charge in [0.15, 0.2) is 34.9 Å². The first-order chi connectivity index (χ1) is 58.0. The lowest BCUT2D eigenvalue weighted by molar-refractivity contribution is 0.669. The molecule has 117 heavy (non-hydrogen) atoms. The van der Waals surface area contributed by atoms with E-state index in [2.05, 4.69) is 319 Å². The van der Waals surface area contributed by atoms with Crippen molar-refractivity contribution in [2.24, 2.45) is 0 Å². The van der Waals surface area contributed by atoms with E-state index in [-0.39, 0.29) is 0 Å². The largest absolute Gasteiger partial charge is 0.456 e. The molecule has 25 aromatic rings. The molecule has 0 aliphatic heterocycles. The predicted molar refractivity (Wildman–Crippen MR) is 484 cm³/mol. The standard InChI is InChI=1S/C53H30N4OS.C53H32N4O/c1-3-11-37-31(9-1)19-25-43-49(37)50-38-12-4-2-10-32(38)20-26-44(50)57(43)36-23-17-33(18-24-36)51-54-52(34-21-27-46-41(29-34)39-13-5-7-15-45(39)58-46)56-53(55-51)35-22-28-48-42(30-35)40-14-6-8-16-47(40)59-48;1-2-11-33(12-3-1)34-21-23-37(24-22-34)51-54-52(56-53(55-51)44-19-10-18-43-42-17-8-9-20-47(42)58-50(43)44)38-25-29-39(30-26-38)57-45-31-27-35-13-4-6-15-40(35)48(45)49-41-16-7-5-14-36(41)28-32-46(49)57/h1-30H;1-32H. The minimum absolute atomic E-state index is 0.557. The average molecular weight is 1510 g/mol. The summed E-state index contributed by atoms with van der Waals surface area (Å²) in [5.41, 5.74) is 17.8. The maximum Gasteiger partial charge on any atom is 0.167 e. The van der Waals surface area contributed by atoms with Gasteiger partial charge in [-0.1, -0.05) is 243 Å². The minimum Gasteiger partial charge on any atom is -0.456 e. The van der Waals surface area contributed by atoms with Crippen LogP contribution in [0.2, 0.25) is 0 Å². The molecule has 0 spiro atoms. The fourth-order valence-corrected chi connectivity index (χ4v) is 18.9. The monoisotopic (exact) mass is 1510 g/mol. The Morgan fingerprint density at radius 1 is 0.205 bits per heavy atom. The van der Waals surface area contributed by atoms with Crippen molar-refractivity contribution in [3.63, 3.8) is 0 Å². The summed E-state index contributed by atoms with van der Waals surface area (Å²) < 4.78 is 19.9. The van der Waals surface area contributed by atoms with Crippen LogP contribution in [0.25, 0.3) is 242 Å². The number of fused-ring (bicyclic) bond motifs is 23. The fraction of sp³-hybridized carbons (Fsp3) is 0. The Morgan fingerprint density at radius 3 is 1.05 bits per heavy atom. The number of benzene rings is 18. The molecule has 0 unspecified atom stereocenters. The Balaban J connectivity index is 0.000000134. The van der Waals surface area contributed by atoms with E-state index >= 15 is 0 Å². The summed E-state index contributed by atoms with van der Waals surface area (Å²) in [6.07, 6.45) is 0. The second-order valence-electron chi connectivity index (χ2n) is 29.9. The molecule has 0 amide bonds. The van der Waals surface area contributed by atoms with Crippen LogP contribution >= 0.6 is 11.3 Å². The van der Waals surface area contributed by atoms with Gasteiger partial charge >= 0.3 is 0 Å². The predicted octanol–water partition coefficient (Wildman–Crippen LogP) is 28.4. The molecule has 544 valence electrons. The number of aromatic nitrogens is 8. The highest BCUT2D eigenvalue weighted by Crippen LogP contribution is 2.46. The molecule has 0 bridgehead atoms. The Kier molecular flexibility index (Phi) is 15.0. The zero-order chi connectivity index (χ0) is 76.8. The minimum atomic E-state index is 0.557. The van der Waals surface area contributed by atoms with E-state index in [4.69, 9.17) is 38.7 Å². The van der Waals surface area contributed by atoms with Crippen LogP contribution in [0.5, 0.6) is 0 Å². The second-order valence-corrected chi connectivity index (χ2v) is 31.0. The molecule has 0 N–H and O–H groups in total. The van der Waals surface area contributed by atoms with Gasteiger partial charge in [0.25, 0.3) is 0 Å². The van der Waals surface area contributed by atoms with E-state index in [1.165, 1.54) is 107 Å². The van der Waals surface area contributed by atoms with Gasteiger partial charge in [-0.05, 0) is 188 Å². The van der Waals surface area contributed by atoms with Crippen molar-refractivity contribution in [2.45, 2.75) is 0 Å². The Hall–Kier alpha value is -15.6. The summed E-state index contributed by atoms with van der Waals surface area (Å²) in [4.78, 5) is 30.9. The second kappa shape index (κ2) is 26.5. The van der Waals surface area contributed by atoms with E-state index in [9.17, 15) is 0 Å². The molecule has 11 heteroatoms. The van der Waals surface area contributed by atoms with Crippen molar-refractivity contribution in [3.05, 3.63) is 376 Å². The summed E-state index contributed by atoms with van der Waals surface area (Å²) in [5, 5.41) is 21.6. The molecule has 0 radical (unpaired) electrons. The molecule has 7 aromatic heterocycles. The molecule has 10 nitrogen and oxygen atoms in total. The van der Waals surface area contributed by atoms with Gasteiger partial charge in [-0.2, -0.15) is 0 Å². The van der Waals surface area contributed by atoms with E-state index in [1.54, 1.807) is 11.3 Å². The van der Waals surface area contributed by atoms with Gasteiger partial charge in [-0.15, -0.1) is 11.3 Å². The molecule has 0 saturated carbocycles. The first-order valence-corrected chi connectivity index (χ1v) is 40.1. The quantitative estimate of drug-likeness (QED) is 0.140. The third-order valence-corrected chi connectivity index (χ3v) is 24.4. The van der Waals surface area contributed by atoms with Gasteiger partial charge in [0, 0.05) is 102 Å². The van der Waals surface area contributed by atoms with Crippen LogP contribution in [-0.2, 0) is 0 Å². The van der Waals surface area contributed by atoms with Gasteiger partial charge in [0.05, 0.1) is 27.6 Å². The lowest BCUT2D eigenvalue weighted by Crippen LogP contribution is -2.01. The molecule has 25 rings (SSSR count). The van der Waals surface area contributed by atoms with Crippen molar-refractivity contribution in [1.29, 1.82) is 0 Å². The molecule has 0 saturated heterocycles. The molecule has 0 fully saturated rings. The van der Waals surface area contributed by atoms with Gasteiger partial charge in [-0.3, -0.25) is 0 Å². The van der Waals surface area contributed by atoms with Gasteiger partial charge in [0.2, 0.25) is 0 Å². The molecular formula is C106H62N8O2S. The van der Waals surface area contributed by atoms with Crippen molar-refractivity contribution >= 4 is 162 Å². The maximum absolute atomic E-state index is 6.47. The Labute approximate surface area is 672 Å². The Bertz CT molecular complexity index is 8070. The topological polar surface area (TPSA) is 113 Å². The third-order valence-electron chi connectivity index (χ3n) is 23.3. The van der Waals surface area contributed by atoms with E-state index in [0.717, 1.165) is 99.8 Å². The zero-order valence-electron chi connectivity index (χ0n) is 62.6. The SMILES string of the molecule is c1ccc(-c2ccc(-c3nc(-c4ccc(-n5c6ccc7ccccc7c6c6c7ccccc7ccc65)cc4)nc(-c4cccc5c4oc4ccccc45)n3)cc2)cc1.c1ccc2c(c1)ccc1c2c2c3ccccc3ccc2n1-c1ccc(-c2nc(-c3ccc4oc5ccccc5c4c3)nc(-c3ccc4sc5ccccc5c4c3)n2)cc1. The van der Waals surface area contributed by atoms with Crippen LogP contribution in [0.15, 0.2) is 385 Å². The third kappa shape index (κ3) is 10.9. The van der Waals surface area contributed by atoms with Gasteiger partial charge in [0.1, 0.15) is 22.3 Å². The van der Waals surface area contributed by atoms with Crippen molar-refractivity contribution < 1.29 is 8.83 Å². The summed E-state index contributed by atoms with van der Waals surface area (Å²) in [7, 11) is 0. The smallest absolute Gasteiger partial charge is 0.167 e. The Morgan fingerprint density at radius 2 is 0.547 bits per heavy atom. The summed E-state index contributed by atoms with van der Waals surface area (Å²) >= 11 is 1.81. The van der Waals surface area contributed by atoms with Crippen LogP contribution in [0.3, 0.4) is 0 Å². The number of thiophene rings is 1. The zero-order valence-corrected chi connectivity index (χ0v) is 63.4. The van der Waals surface area contributed by atoms with E-state index in [0.29, 0.717) is 34.9 Å². The lowest BCUT2D eigenvalue weighted by atomic mass is 10.00. The van der Waals surface area contributed by atoms with Crippen LogP contribution in [-0.4, -0.2) is 39.0 Å². The number of rotatable bonds is 9. The number of hydrogen-bond acceptors (Lipinski definition) is 9. The van der Waals surface area contributed by atoms with Crippen LogP contribution in [0.4, 0.5) is 0 Å². The fourth-order valence-electron chi connectivity index (χ4n) is 17.8. The van der Waals surface area contributed by atoms with Crippen molar-refractivity contribution in [1.82, 2.24) is 39.0 Å². The number of para-hydroxylation sites is 3. The maximum atomic E-state index is 6.47. The molecule has 7 heterocycles. The highest BCUT2D eigenvalue weighted by molar-refractivity contribution is 7.25. The summed E-state index contributed by atoms with van der Waals surface area (Å²) in [6, 6.07) is 133. The van der Waals surface area contributed by atoms with Crippen LogP contribution in [0.1, 0.15) is 0 Å². The molecular weight excluding hydrogens is 1450 g/mol. The van der Waals surface area contributed by atoms with Gasteiger partial charge in [-0.25, -0.2) is 29.9 Å². The highest BCUT2D eigenvalue weighted by atomic mass is 32.1. The van der Waals surface area contributed by atoms with Crippen molar-refractivity contribution in [2.75, 3.05) is 0 Å². The van der Waals surface area contributed by atoms with Crippen molar-refractivity contribution in [3.8, 4) is 90.8 Å². The average Bonchev–Trinajstić information content (AvgIpc) is 1.57. The highest BCUT2D eigenvalue weighted by Gasteiger charge is 2.24. The van der Waals surface area contributed by atoms with Crippen LogP contribution < -0.4 is 0 Å². The summed E-state index contributed by atoms with van der Waals surface area (Å²) in [6.45, 7) is 0. The van der Waals surface area contributed by atoms with E-state index < -0.39 is 0 Å². The summed E-state index contributed by atoms with van der Waals surface area (Å²) in [5.74, 6) is 3.59.